The lowest BCUT2D eigenvalue weighted by molar-refractivity contribution is 0.174. The molecule has 2 aromatic carbocycles. The maximum Gasteiger partial charge on any atom is 0.231 e. The van der Waals surface area contributed by atoms with Crippen molar-refractivity contribution in [2.75, 3.05) is 6.79 Å². The number of halogens is 1. The molecule has 0 aromatic heterocycles. The molecule has 0 unspecified atom stereocenters. The van der Waals surface area contributed by atoms with Crippen LogP contribution in [0.15, 0.2) is 46.9 Å². The maximum absolute atomic E-state index is 9.32. The number of nitriles is 1. The van der Waals surface area contributed by atoms with Crippen LogP contribution >= 0.6 is 15.9 Å². The first-order valence-electron chi connectivity index (χ1n) is 6.03. The smallest absolute Gasteiger partial charge is 0.231 e. The van der Waals surface area contributed by atoms with Gasteiger partial charge in [-0.1, -0.05) is 34.1 Å². The number of rotatable bonds is 2. The molecule has 0 atom stereocenters. The van der Waals surface area contributed by atoms with Crippen LogP contribution in [0.5, 0.6) is 11.5 Å². The van der Waals surface area contributed by atoms with Gasteiger partial charge in [0.25, 0.3) is 0 Å². The second kappa shape index (κ2) is 5.40. The lowest BCUT2D eigenvalue weighted by Crippen LogP contribution is -1.92. The van der Waals surface area contributed by atoms with Crippen molar-refractivity contribution in [1.29, 1.82) is 5.26 Å². The summed E-state index contributed by atoms with van der Waals surface area (Å²) < 4.78 is 11.6. The predicted octanol–water partition coefficient (Wildman–Crippen LogP) is 4.24. The standard InChI is InChI=1S/C16H10BrNO2/c17-14-4-2-12(3-5-14)13(9-18)7-11-1-6-15-16(8-11)20-10-19-15/h1-8H,10H2. The van der Waals surface area contributed by atoms with Crippen LogP contribution in [0.3, 0.4) is 0 Å². The first-order valence-corrected chi connectivity index (χ1v) is 6.83. The molecule has 98 valence electrons. The second-order valence-electron chi connectivity index (χ2n) is 4.29. The van der Waals surface area contributed by atoms with Crippen molar-refractivity contribution in [2.24, 2.45) is 0 Å². The Kier molecular flexibility index (Phi) is 3.44. The monoisotopic (exact) mass is 327 g/mol. The summed E-state index contributed by atoms with van der Waals surface area (Å²) in [7, 11) is 0. The summed E-state index contributed by atoms with van der Waals surface area (Å²) in [4.78, 5) is 0. The quantitative estimate of drug-likeness (QED) is 0.612. The van der Waals surface area contributed by atoms with Crippen molar-refractivity contribution >= 4 is 27.6 Å². The summed E-state index contributed by atoms with van der Waals surface area (Å²) in [6.45, 7) is 0.250. The first kappa shape index (κ1) is 12.8. The van der Waals surface area contributed by atoms with E-state index in [0.717, 1.165) is 21.3 Å². The molecule has 0 aliphatic carbocycles. The molecular weight excluding hydrogens is 318 g/mol. The van der Waals surface area contributed by atoms with Gasteiger partial charge in [-0.15, -0.1) is 0 Å². The molecule has 0 saturated carbocycles. The lowest BCUT2D eigenvalue weighted by Gasteiger charge is -2.01. The van der Waals surface area contributed by atoms with Gasteiger partial charge in [0, 0.05) is 4.47 Å². The van der Waals surface area contributed by atoms with Gasteiger partial charge in [0.1, 0.15) is 0 Å². The van der Waals surface area contributed by atoms with Gasteiger partial charge in [0.15, 0.2) is 11.5 Å². The normalized spacial score (nSPS) is 13.1. The molecule has 4 heteroatoms. The van der Waals surface area contributed by atoms with Gasteiger partial charge < -0.3 is 9.47 Å². The van der Waals surface area contributed by atoms with Crippen molar-refractivity contribution < 1.29 is 9.47 Å². The Labute approximate surface area is 125 Å². The van der Waals surface area contributed by atoms with E-state index < -0.39 is 0 Å². The van der Waals surface area contributed by atoms with Crippen molar-refractivity contribution in [2.45, 2.75) is 0 Å². The SMILES string of the molecule is N#CC(=Cc1ccc2c(c1)OCO2)c1ccc(Br)cc1. The minimum Gasteiger partial charge on any atom is -0.454 e. The zero-order chi connectivity index (χ0) is 13.9. The van der Waals surface area contributed by atoms with Crippen molar-refractivity contribution in [1.82, 2.24) is 0 Å². The molecule has 0 bridgehead atoms. The van der Waals surface area contributed by atoms with E-state index in [-0.39, 0.29) is 6.79 Å². The fourth-order valence-electron chi connectivity index (χ4n) is 1.98. The minimum absolute atomic E-state index is 0.250. The Balaban J connectivity index is 1.97. The Morgan fingerprint density at radius 2 is 1.85 bits per heavy atom. The number of hydrogen-bond donors (Lipinski definition) is 0. The van der Waals surface area contributed by atoms with E-state index in [4.69, 9.17) is 9.47 Å². The first-order chi connectivity index (χ1) is 9.76. The lowest BCUT2D eigenvalue weighted by atomic mass is 10.0. The van der Waals surface area contributed by atoms with Crippen LogP contribution < -0.4 is 9.47 Å². The van der Waals surface area contributed by atoms with Crippen LogP contribution in [0.25, 0.3) is 11.6 Å². The highest BCUT2D eigenvalue weighted by atomic mass is 79.9. The maximum atomic E-state index is 9.32. The summed E-state index contributed by atoms with van der Waals surface area (Å²) in [6, 6.07) is 15.5. The van der Waals surface area contributed by atoms with Crippen molar-refractivity contribution in [3.05, 3.63) is 58.1 Å². The average Bonchev–Trinajstić information content (AvgIpc) is 2.93. The third-order valence-electron chi connectivity index (χ3n) is 2.98. The molecule has 0 spiro atoms. The van der Waals surface area contributed by atoms with Crippen molar-refractivity contribution in [3.8, 4) is 17.6 Å². The number of nitrogens with zero attached hydrogens (tertiary/aromatic N) is 1. The van der Waals surface area contributed by atoms with E-state index in [1.54, 1.807) is 0 Å². The van der Waals surface area contributed by atoms with Crippen LogP contribution in [-0.4, -0.2) is 6.79 Å². The van der Waals surface area contributed by atoms with Crippen LogP contribution in [0.4, 0.5) is 0 Å². The van der Waals surface area contributed by atoms with Gasteiger partial charge >= 0.3 is 0 Å². The molecule has 0 amide bonds. The second-order valence-corrected chi connectivity index (χ2v) is 5.21. The minimum atomic E-state index is 0.250. The summed E-state index contributed by atoms with van der Waals surface area (Å²) in [5, 5.41) is 9.32. The Bertz CT molecular complexity index is 714. The molecule has 0 saturated heterocycles. The summed E-state index contributed by atoms with van der Waals surface area (Å²) in [6.07, 6.45) is 1.84. The van der Waals surface area contributed by atoms with E-state index in [9.17, 15) is 5.26 Å². The fraction of sp³-hybridized carbons (Fsp3) is 0.0625. The van der Waals surface area contributed by atoms with Crippen LogP contribution in [-0.2, 0) is 0 Å². The zero-order valence-corrected chi connectivity index (χ0v) is 12.1. The van der Waals surface area contributed by atoms with Crippen LogP contribution in [0, 0.1) is 11.3 Å². The molecule has 3 nitrogen and oxygen atoms in total. The molecule has 1 aliphatic rings. The van der Waals surface area contributed by atoms with E-state index in [2.05, 4.69) is 22.0 Å². The Hall–Kier alpha value is -2.25. The average molecular weight is 328 g/mol. The fourth-order valence-corrected chi connectivity index (χ4v) is 2.24. The number of allylic oxidation sites excluding steroid dienone is 1. The van der Waals surface area contributed by atoms with E-state index in [1.165, 1.54) is 0 Å². The molecule has 20 heavy (non-hydrogen) atoms. The molecular formula is C16H10BrNO2. The van der Waals surface area contributed by atoms with Crippen LogP contribution in [0.1, 0.15) is 11.1 Å². The van der Waals surface area contributed by atoms with Crippen LogP contribution in [0.2, 0.25) is 0 Å². The highest BCUT2D eigenvalue weighted by Gasteiger charge is 2.12. The van der Waals surface area contributed by atoms with Gasteiger partial charge in [-0.05, 0) is 41.5 Å². The van der Waals surface area contributed by atoms with Gasteiger partial charge in [-0.2, -0.15) is 5.26 Å². The summed E-state index contributed by atoms with van der Waals surface area (Å²) >= 11 is 3.38. The summed E-state index contributed by atoms with van der Waals surface area (Å²) in [5.74, 6) is 1.45. The molecule has 0 fully saturated rings. The molecule has 0 N–H and O–H groups in total. The van der Waals surface area contributed by atoms with Gasteiger partial charge in [-0.25, -0.2) is 0 Å². The predicted molar refractivity (Wildman–Crippen MR) is 80.2 cm³/mol. The van der Waals surface area contributed by atoms with E-state index in [0.29, 0.717) is 11.3 Å². The zero-order valence-electron chi connectivity index (χ0n) is 10.5. The van der Waals surface area contributed by atoms with E-state index >= 15 is 0 Å². The third-order valence-corrected chi connectivity index (χ3v) is 3.51. The third kappa shape index (κ3) is 2.54. The summed E-state index contributed by atoms with van der Waals surface area (Å²) in [5.41, 5.74) is 2.40. The van der Waals surface area contributed by atoms with Gasteiger partial charge in [-0.3, -0.25) is 0 Å². The number of fused-ring (bicyclic) bond motifs is 1. The Morgan fingerprint density at radius 3 is 2.60 bits per heavy atom. The molecule has 1 heterocycles. The molecule has 0 radical (unpaired) electrons. The molecule has 2 aromatic rings. The van der Waals surface area contributed by atoms with Crippen molar-refractivity contribution in [3.63, 3.8) is 0 Å². The molecule has 1 aliphatic heterocycles. The highest BCUT2D eigenvalue weighted by Crippen LogP contribution is 2.33. The van der Waals surface area contributed by atoms with E-state index in [1.807, 2.05) is 48.5 Å². The highest BCUT2D eigenvalue weighted by molar-refractivity contribution is 9.10. The number of benzene rings is 2. The van der Waals surface area contributed by atoms with Gasteiger partial charge in [0.05, 0.1) is 11.6 Å². The Morgan fingerprint density at radius 1 is 1.10 bits per heavy atom. The number of hydrogen-bond acceptors (Lipinski definition) is 3. The largest absolute Gasteiger partial charge is 0.454 e. The molecule has 3 rings (SSSR count). The van der Waals surface area contributed by atoms with Gasteiger partial charge in [0.2, 0.25) is 6.79 Å². The number of ether oxygens (including phenoxy) is 2. The topological polar surface area (TPSA) is 42.2 Å².